The van der Waals surface area contributed by atoms with Gasteiger partial charge in [-0.05, 0) is 57.2 Å². The second-order valence-electron chi connectivity index (χ2n) is 6.40. The summed E-state index contributed by atoms with van der Waals surface area (Å²) < 4.78 is 0. The van der Waals surface area contributed by atoms with E-state index in [2.05, 4.69) is 50.1 Å². The quantitative estimate of drug-likeness (QED) is 0.882. The van der Waals surface area contributed by atoms with Gasteiger partial charge in [-0.3, -0.25) is 4.90 Å². The van der Waals surface area contributed by atoms with E-state index in [9.17, 15) is 0 Å². The number of benzene rings is 1. The summed E-state index contributed by atoms with van der Waals surface area (Å²) in [5.74, 6) is 0. The normalized spacial score (nSPS) is 24.9. The van der Waals surface area contributed by atoms with E-state index >= 15 is 0 Å². The van der Waals surface area contributed by atoms with Gasteiger partial charge < -0.3 is 5.73 Å². The number of hydrogen-bond acceptors (Lipinski definition) is 2. The lowest BCUT2D eigenvalue weighted by atomic mass is 9.89. The van der Waals surface area contributed by atoms with Crippen molar-refractivity contribution in [2.75, 3.05) is 7.05 Å². The van der Waals surface area contributed by atoms with Gasteiger partial charge in [0, 0.05) is 18.1 Å². The fourth-order valence-electron chi connectivity index (χ4n) is 3.31. The lowest BCUT2D eigenvalue weighted by Gasteiger charge is -2.37. The highest BCUT2D eigenvalue weighted by Crippen LogP contribution is 2.28. The second-order valence-corrected chi connectivity index (χ2v) is 6.40. The average Bonchev–Trinajstić information content (AvgIpc) is 2.48. The van der Waals surface area contributed by atoms with Gasteiger partial charge in [0.2, 0.25) is 0 Å². The first-order chi connectivity index (χ1) is 9.61. The molecule has 0 saturated heterocycles. The van der Waals surface area contributed by atoms with Crippen molar-refractivity contribution in [3.8, 4) is 0 Å². The van der Waals surface area contributed by atoms with Crippen LogP contribution in [-0.2, 0) is 6.42 Å². The third kappa shape index (κ3) is 3.83. The van der Waals surface area contributed by atoms with Crippen molar-refractivity contribution in [3.63, 3.8) is 0 Å². The standard InChI is InChI=1S/C18H30N2/c1-4-5-15-6-8-16(9-7-15)14(2)20(3)18-12-10-17(19)11-13-18/h6-9,14,17-18H,4-5,10-13,19H2,1-3H3. The number of hydrogen-bond donors (Lipinski definition) is 1. The van der Waals surface area contributed by atoms with E-state index < -0.39 is 0 Å². The van der Waals surface area contributed by atoms with Gasteiger partial charge in [0.1, 0.15) is 0 Å². The van der Waals surface area contributed by atoms with Crippen LogP contribution in [0.4, 0.5) is 0 Å². The van der Waals surface area contributed by atoms with Crippen LogP contribution in [0.1, 0.15) is 63.1 Å². The van der Waals surface area contributed by atoms with Crippen molar-refractivity contribution in [1.29, 1.82) is 0 Å². The summed E-state index contributed by atoms with van der Waals surface area (Å²) in [4.78, 5) is 2.54. The van der Waals surface area contributed by atoms with Crippen LogP contribution in [0, 0.1) is 0 Å². The van der Waals surface area contributed by atoms with E-state index in [-0.39, 0.29) is 0 Å². The topological polar surface area (TPSA) is 29.3 Å². The average molecular weight is 274 g/mol. The lowest BCUT2D eigenvalue weighted by Crippen LogP contribution is -2.39. The molecule has 1 aromatic carbocycles. The van der Waals surface area contributed by atoms with Crippen LogP contribution in [0.15, 0.2) is 24.3 Å². The fraction of sp³-hybridized carbons (Fsp3) is 0.667. The van der Waals surface area contributed by atoms with Crippen LogP contribution in [0.5, 0.6) is 0 Å². The fourth-order valence-corrected chi connectivity index (χ4v) is 3.31. The monoisotopic (exact) mass is 274 g/mol. The van der Waals surface area contributed by atoms with E-state index in [4.69, 9.17) is 5.73 Å². The Labute approximate surface area is 124 Å². The highest BCUT2D eigenvalue weighted by atomic mass is 15.2. The Morgan fingerprint density at radius 3 is 2.30 bits per heavy atom. The molecule has 1 fully saturated rings. The molecule has 2 heteroatoms. The Hall–Kier alpha value is -0.860. The van der Waals surface area contributed by atoms with Crippen LogP contribution in [0.25, 0.3) is 0 Å². The van der Waals surface area contributed by atoms with Gasteiger partial charge in [0.05, 0.1) is 0 Å². The molecule has 2 rings (SSSR count). The minimum atomic E-state index is 0.434. The van der Waals surface area contributed by atoms with Crippen LogP contribution in [0.3, 0.4) is 0 Å². The minimum Gasteiger partial charge on any atom is -0.328 e. The molecule has 1 saturated carbocycles. The zero-order valence-corrected chi connectivity index (χ0v) is 13.3. The Morgan fingerprint density at radius 2 is 1.75 bits per heavy atom. The smallest absolute Gasteiger partial charge is 0.0319 e. The van der Waals surface area contributed by atoms with Gasteiger partial charge in [0.15, 0.2) is 0 Å². The van der Waals surface area contributed by atoms with Crippen molar-refractivity contribution >= 4 is 0 Å². The van der Waals surface area contributed by atoms with E-state index in [0.29, 0.717) is 18.1 Å². The first-order valence-corrected chi connectivity index (χ1v) is 8.18. The molecule has 0 heterocycles. The van der Waals surface area contributed by atoms with Gasteiger partial charge >= 0.3 is 0 Å². The van der Waals surface area contributed by atoms with Gasteiger partial charge in [-0.15, -0.1) is 0 Å². The summed E-state index contributed by atoms with van der Waals surface area (Å²) >= 11 is 0. The summed E-state index contributed by atoms with van der Waals surface area (Å²) in [5.41, 5.74) is 8.90. The van der Waals surface area contributed by atoms with Gasteiger partial charge in [0.25, 0.3) is 0 Å². The lowest BCUT2D eigenvalue weighted by molar-refractivity contribution is 0.140. The first kappa shape index (κ1) is 15.5. The Kier molecular flexibility index (Phi) is 5.62. The molecule has 2 nitrogen and oxygen atoms in total. The maximum absolute atomic E-state index is 6.01. The Morgan fingerprint density at radius 1 is 1.15 bits per heavy atom. The molecule has 1 unspecified atom stereocenters. The largest absolute Gasteiger partial charge is 0.328 e. The van der Waals surface area contributed by atoms with Crippen LogP contribution in [-0.4, -0.2) is 24.0 Å². The predicted molar refractivity (Wildman–Crippen MR) is 86.8 cm³/mol. The molecule has 1 atom stereocenters. The molecular formula is C18H30N2. The van der Waals surface area contributed by atoms with Crippen molar-refractivity contribution in [2.24, 2.45) is 5.73 Å². The third-order valence-electron chi connectivity index (χ3n) is 4.93. The third-order valence-corrected chi connectivity index (χ3v) is 4.93. The summed E-state index contributed by atoms with van der Waals surface area (Å²) in [6.07, 6.45) is 7.25. The summed E-state index contributed by atoms with van der Waals surface area (Å²) in [5, 5.41) is 0. The molecule has 0 amide bonds. The molecule has 112 valence electrons. The van der Waals surface area contributed by atoms with Crippen LogP contribution >= 0.6 is 0 Å². The van der Waals surface area contributed by atoms with Crippen molar-refractivity contribution in [1.82, 2.24) is 4.90 Å². The molecule has 2 N–H and O–H groups in total. The Bertz CT molecular complexity index is 390. The molecule has 1 aliphatic rings. The maximum Gasteiger partial charge on any atom is 0.0319 e. The molecule has 0 radical (unpaired) electrons. The first-order valence-electron chi connectivity index (χ1n) is 8.18. The maximum atomic E-state index is 6.01. The summed E-state index contributed by atoms with van der Waals surface area (Å²) in [6.45, 7) is 4.56. The van der Waals surface area contributed by atoms with Crippen LogP contribution < -0.4 is 5.73 Å². The van der Waals surface area contributed by atoms with E-state index in [1.165, 1.54) is 49.7 Å². The molecular weight excluding hydrogens is 244 g/mol. The van der Waals surface area contributed by atoms with Gasteiger partial charge in [-0.1, -0.05) is 37.6 Å². The molecule has 0 spiro atoms. The van der Waals surface area contributed by atoms with E-state index in [1.807, 2.05) is 0 Å². The highest BCUT2D eigenvalue weighted by molar-refractivity contribution is 5.25. The number of rotatable bonds is 5. The zero-order valence-electron chi connectivity index (χ0n) is 13.3. The van der Waals surface area contributed by atoms with E-state index in [1.54, 1.807) is 0 Å². The molecule has 0 aromatic heterocycles. The molecule has 20 heavy (non-hydrogen) atoms. The van der Waals surface area contributed by atoms with Gasteiger partial charge in [-0.25, -0.2) is 0 Å². The molecule has 0 bridgehead atoms. The zero-order chi connectivity index (χ0) is 14.5. The number of aryl methyl sites for hydroxylation is 1. The molecule has 0 aliphatic heterocycles. The second kappa shape index (κ2) is 7.24. The van der Waals surface area contributed by atoms with E-state index in [0.717, 1.165) is 0 Å². The van der Waals surface area contributed by atoms with Crippen molar-refractivity contribution in [3.05, 3.63) is 35.4 Å². The van der Waals surface area contributed by atoms with Crippen molar-refractivity contribution < 1.29 is 0 Å². The number of nitrogens with two attached hydrogens (primary N) is 1. The van der Waals surface area contributed by atoms with Gasteiger partial charge in [-0.2, -0.15) is 0 Å². The highest BCUT2D eigenvalue weighted by Gasteiger charge is 2.25. The summed E-state index contributed by atoms with van der Waals surface area (Å²) in [7, 11) is 2.27. The minimum absolute atomic E-state index is 0.434. The predicted octanol–water partition coefficient (Wildman–Crippen LogP) is 3.90. The Balaban J connectivity index is 1.97. The molecule has 1 aliphatic carbocycles. The number of nitrogens with zero attached hydrogens (tertiary/aromatic N) is 1. The van der Waals surface area contributed by atoms with Crippen LogP contribution in [0.2, 0.25) is 0 Å². The SMILES string of the molecule is CCCc1ccc(C(C)N(C)C2CCC(N)CC2)cc1. The summed E-state index contributed by atoms with van der Waals surface area (Å²) in [6, 6.07) is 10.8. The molecule has 1 aromatic rings. The van der Waals surface area contributed by atoms with Crippen molar-refractivity contribution in [2.45, 2.75) is 70.5 Å².